The highest BCUT2D eigenvalue weighted by molar-refractivity contribution is 5.59. The van der Waals surface area contributed by atoms with E-state index in [0.717, 1.165) is 29.7 Å². The first kappa shape index (κ1) is 11.7. The van der Waals surface area contributed by atoms with Crippen LogP contribution in [0.15, 0.2) is 23.2 Å². The molecular weight excluding hydrogens is 186 g/mol. The Labute approximate surface area is 91.0 Å². The molecule has 0 amide bonds. The van der Waals surface area contributed by atoms with Gasteiger partial charge in [-0.15, -0.1) is 0 Å². The Morgan fingerprint density at radius 1 is 1.40 bits per heavy atom. The fourth-order valence-electron chi connectivity index (χ4n) is 1.70. The van der Waals surface area contributed by atoms with Gasteiger partial charge in [0.25, 0.3) is 0 Å². The Hall–Kier alpha value is -1.40. The molecule has 0 aliphatic rings. The van der Waals surface area contributed by atoms with Gasteiger partial charge in [-0.1, -0.05) is 39.0 Å². The molecule has 0 N–H and O–H groups in total. The molecule has 1 unspecified atom stereocenters. The van der Waals surface area contributed by atoms with Crippen LogP contribution in [0, 0.1) is 0 Å². The van der Waals surface area contributed by atoms with Crippen LogP contribution in [0.3, 0.4) is 0 Å². The van der Waals surface area contributed by atoms with E-state index in [-0.39, 0.29) is 0 Å². The number of aliphatic imine (C=N–C) groups is 1. The Morgan fingerprint density at radius 2 is 2.13 bits per heavy atom. The largest absolute Gasteiger partial charge is 0.240 e. The highest BCUT2D eigenvalue weighted by atomic mass is 16.1. The second-order valence-electron chi connectivity index (χ2n) is 3.72. The molecule has 80 valence electrons. The van der Waals surface area contributed by atoms with Gasteiger partial charge in [-0.2, -0.15) is 4.99 Å². The van der Waals surface area contributed by atoms with E-state index < -0.39 is 0 Å². The van der Waals surface area contributed by atoms with Crippen LogP contribution in [0.2, 0.25) is 0 Å². The predicted molar refractivity (Wildman–Crippen MR) is 62.3 cm³/mol. The van der Waals surface area contributed by atoms with Gasteiger partial charge in [-0.05, 0) is 29.9 Å². The summed E-state index contributed by atoms with van der Waals surface area (Å²) in [5, 5.41) is 0. The number of nitrogens with zero attached hydrogens (tertiary/aromatic N) is 1. The second kappa shape index (κ2) is 5.47. The molecular formula is C13H17NO. The van der Waals surface area contributed by atoms with Crippen LogP contribution in [0.4, 0.5) is 5.69 Å². The monoisotopic (exact) mass is 203 g/mol. The van der Waals surface area contributed by atoms with Crippen LogP contribution in [0.5, 0.6) is 0 Å². The van der Waals surface area contributed by atoms with Crippen LogP contribution < -0.4 is 0 Å². The number of hydrogen-bond acceptors (Lipinski definition) is 2. The van der Waals surface area contributed by atoms with Crippen molar-refractivity contribution < 1.29 is 4.79 Å². The molecule has 1 rings (SSSR count). The van der Waals surface area contributed by atoms with Crippen LogP contribution in [0.25, 0.3) is 0 Å². The summed E-state index contributed by atoms with van der Waals surface area (Å²) < 4.78 is 0. The zero-order chi connectivity index (χ0) is 11.3. The highest BCUT2D eigenvalue weighted by Crippen LogP contribution is 2.32. The summed E-state index contributed by atoms with van der Waals surface area (Å²) >= 11 is 0. The van der Waals surface area contributed by atoms with E-state index in [1.165, 1.54) is 0 Å². The van der Waals surface area contributed by atoms with Crippen molar-refractivity contribution in [3.8, 4) is 0 Å². The van der Waals surface area contributed by atoms with Crippen molar-refractivity contribution in [2.45, 2.75) is 39.5 Å². The summed E-state index contributed by atoms with van der Waals surface area (Å²) in [4.78, 5) is 14.3. The molecule has 0 saturated carbocycles. The first-order valence-electron chi connectivity index (χ1n) is 5.44. The standard InChI is InChI=1S/C13H17NO/c1-4-10(3)12-8-6-7-11(5-2)13(12)14-9-15/h6-8,10H,4-5H2,1-3H3. The zero-order valence-electron chi connectivity index (χ0n) is 9.58. The molecule has 0 saturated heterocycles. The maximum absolute atomic E-state index is 10.4. The number of carbonyl (C=O) groups excluding carboxylic acids is 1. The van der Waals surface area contributed by atoms with Crippen molar-refractivity contribution in [2.24, 2.45) is 4.99 Å². The number of rotatable bonds is 4. The minimum Gasteiger partial charge on any atom is -0.211 e. The highest BCUT2D eigenvalue weighted by Gasteiger charge is 2.11. The Bertz CT molecular complexity index is 378. The van der Waals surface area contributed by atoms with Gasteiger partial charge >= 0.3 is 0 Å². The van der Waals surface area contributed by atoms with Crippen LogP contribution in [-0.4, -0.2) is 6.08 Å². The Morgan fingerprint density at radius 3 is 2.67 bits per heavy atom. The van der Waals surface area contributed by atoms with Crippen molar-refractivity contribution in [1.82, 2.24) is 0 Å². The van der Waals surface area contributed by atoms with Gasteiger partial charge in [-0.25, -0.2) is 4.79 Å². The SMILES string of the molecule is CCc1cccc(C(C)CC)c1N=C=O. The van der Waals surface area contributed by atoms with Gasteiger partial charge in [0.1, 0.15) is 0 Å². The third kappa shape index (κ3) is 2.54. The van der Waals surface area contributed by atoms with Gasteiger partial charge in [-0.3, -0.25) is 0 Å². The van der Waals surface area contributed by atoms with Crippen molar-refractivity contribution in [2.75, 3.05) is 0 Å². The maximum Gasteiger partial charge on any atom is 0.240 e. The summed E-state index contributed by atoms with van der Waals surface area (Å²) in [6.45, 7) is 6.36. The van der Waals surface area contributed by atoms with Gasteiger partial charge in [0.05, 0.1) is 5.69 Å². The fraction of sp³-hybridized carbons (Fsp3) is 0.462. The van der Waals surface area contributed by atoms with E-state index in [9.17, 15) is 4.79 Å². The summed E-state index contributed by atoms with van der Waals surface area (Å²) in [6.07, 6.45) is 3.60. The quantitative estimate of drug-likeness (QED) is 0.541. The lowest BCUT2D eigenvalue weighted by Crippen LogP contribution is -1.94. The van der Waals surface area contributed by atoms with Crippen molar-refractivity contribution >= 4 is 11.8 Å². The topological polar surface area (TPSA) is 29.4 Å². The molecule has 0 radical (unpaired) electrons. The summed E-state index contributed by atoms with van der Waals surface area (Å²) in [5.41, 5.74) is 3.10. The number of aryl methyl sites for hydroxylation is 1. The summed E-state index contributed by atoms with van der Waals surface area (Å²) in [6, 6.07) is 6.09. The first-order valence-corrected chi connectivity index (χ1v) is 5.44. The zero-order valence-corrected chi connectivity index (χ0v) is 9.58. The summed E-state index contributed by atoms with van der Waals surface area (Å²) in [5.74, 6) is 0.434. The van der Waals surface area contributed by atoms with Crippen LogP contribution >= 0.6 is 0 Å². The van der Waals surface area contributed by atoms with E-state index in [2.05, 4.69) is 25.8 Å². The number of benzene rings is 1. The van der Waals surface area contributed by atoms with Crippen molar-refractivity contribution in [3.05, 3.63) is 29.3 Å². The lowest BCUT2D eigenvalue weighted by atomic mass is 9.94. The van der Waals surface area contributed by atoms with Gasteiger partial charge < -0.3 is 0 Å². The minimum atomic E-state index is 0.434. The number of isocyanates is 1. The summed E-state index contributed by atoms with van der Waals surface area (Å²) in [7, 11) is 0. The molecule has 0 heterocycles. The van der Waals surface area contributed by atoms with E-state index >= 15 is 0 Å². The molecule has 0 fully saturated rings. The fourth-order valence-corrected chi connectivity index (χ4v) is 1.70. The molecule has 0 aliphatic carbocycles. The van der Waals surface area contributed by atoms with Gasteiger partial charge in [0, 0.05) is 0 Å². The van der Waals surface area contributed by atoms with Crippen molar-refractivity contribution in [1.29, 1.82) is 0 Å². The third-order valence-corrected chi connectivity index (χ3v) is 2.83. The molecule has 0 bridgehead atoms. The molecule has 2 heteroatoms. The molecule has 0 spiro atoms. The van der Waals surface area contributed by atoms with Gasteiger partial charge in [0.15, 0.2) is 0 Å². The number of para-hydroxylation sites is 1. The molecule has 2 nitrogen and oxygen atoms in total. The average molecular weight is 203 g/mol. The first-order chi connectivity index (χ1) is 7.24. The van der Waals surface area contributed by atoms with Crippen LogP contribution in [-0.2, 0) is 11.2 Å². The third-order valence-electron chi connectivity index (χ3n) is 2.83. The molecule has 1 atom stereocenters. The normalized spacial score (nSPS) is 11.9. The Kier molecular flexibility index (Phi) is 4.26. The average Bonchev–Trinajstić information content (AvgIpc) is 2.28. The lowest BCUT2D eigenvalue weighted by Gasteiger charge is -2.13. The van der Waals surface area contributed by atoms with Gasteiger partial charge in [0.2, 0.25) is 6.08 Å². The van der Waals surface area contributed by atoms with Crippen molar-refractivity contribution in [3.63, 3.8) is 0 Å². The maximum atomic E-state index is 10.4. The lowest BCUT2D eigenvalue weighted by molar-refractivity contribution is 0.565. The molecule has 0 aromatic heterocycles. The number of hydrogen-bond donors (Lipinski definition) is 0. The molecule has 1 aromatic carbocycles. The predicted octanol–water partition coefficient (Wildman–Crippen LogP) is 3.73. The van der Waals surface area contributed by atoms with E-state index in [4.69, 9.17) is 0 Å². The molecule has 1 aromatic rings. The smallest absolute Gasteiger partial charge is 0.211 e. The van der Waals surface area contributed by atoms with Crippen LogP contribution in [0.1, 0.15) is 44.2 Å². The van der Waals surface area contributed by atoms with E-state index in [0.29, 0.717) is 5.92 Å². The molecule has 15 heavy (non-hydrogen) atoms. The van der Waals surface area contributed by atoms with E-state index in [1.807, 2.05) is 18.2 Å². The molecule has 0 aliphatic heterocycles. The second-order valence-corrected chi connectivity index (χ2v) is 3.72. The van der Waals surface area contributed by atoms with E-state index in [1.54, 1.807) is 6.08 Å². The Balaban J connectivity index is 3.30. The minimum absolute atomic E-state index is 0.434.